The lowest BCUT2D eigenvalue weighted by atomic mass is 9.99. The summed E-state index contributed by atoms with van der Waals surface area (Å²) in [6.45, 7) is 3.38. The molecule has 1 amide bonds. The molecule has 166 valence electrons. The standard InChI is InChI=1S/C21H26N4O5S/c1-14-2-7-20(26)17(12-14)18-13-19(24-23-18)21(27)22-15-3-5-16(6-4-15)31(28,29)25-8-10-30-11-9-25/h2-7,12,18-19,23-24,26H,8-11,13H2,1H3,(H,22,27). The quantitative estimate of drug-likeness (QED) is 0.546. The predicted molar refractivity (Wildman–Crippen MR) is 115 cm³/mol. The molecule has 2 aliphatic heterocycles. The number of amides is 1. The van der Waals surface area contributed by atoms with Crippen LogP contribution < -0.4 is 16.2 Å². The Morgan fingerprint density at radius 3 is 2.55 bits per heavy atom. The third-order valence-corrected chi connectivity index (χ3v) is 7.42. The number of hydrazine groups is 1. The molecule has 0 aliphatic carbocycles. The first kappa shape index (κ1) is 21.7. The zero-order chi connectivity index (χ0) is 22.0. The van der Waals surface area contributed by atoms with Gasteiger partial charge in [0.25, 0.3) is 0 Å². The van der Waals surface area contributed by atoms with Crippen molar-refractivity contribution in [2.24, 2.45) is 0 Å². The molecule has 4 N–H and O–H groups in total. The monoisotopic (exact) mass is 446 g/mol. The number of hydrogen-bond acceptors (Lipinski definition) is 7. The average Bonchev–Trinajstić information content (AvgIpc) is 3.27. The molecule has 2 unspecified atom stereocenters. The molecule has 0 bridgehead atoms. The number of sulfonamides is 1. The molecule has 0 spiro atoms. The van der Waals surface area contributed by atoms with Gasteiger partial charge in [0.15, 0.2) is 0 Å². The maximum absolute atomic E-state index is 12.7. The van der Waals surface area contributed by atoms with Crippen LogP contribution in [0.15, 0.2) is 47.4 Å². The van der Waals surface area contributed by atoms with E-state index >= 15 is 0 Å². The Morgan fingerprint density at radius 2 is 1.84 bits per heavy atom. The van der Waals surface area contributed by atoms with Crippen LogP contribution in [0.25, 0.3) is 0 Å². The second-order valence-corrected chi connectivity index (χ2v) is 9.66. The fourth-order valence-electron chi connectivity index (χ4n) is 3.76. The maximum Gasteiger partial charge on any atom is 0.243 e. The lowest BCUT2D eigenvalue weighted by Gasteiger charge is -2.26. The number of rotatable bonds is 5. The zero-order valence-corrected chi connectivity index (χ0v) is 18.0. The Hall–Kier alpha value is -2.50. The smallest absolute Gasteiger partial charge is 0.243 e. The van der Waals surface area contributed by atoms with E-state index in [9.17, 15) is 18.3 Å². The lowest BCUT2D eigenvalue weighted by molar-refractivity contribution is -0.117. The normalized spacial score (nSPS) is 22.4. The van der Waals surface area contributed by atoms with Crippen LogP contribution in [0, 0.1) is 6.92 Å². The number of hydrogen-bond donors (Lipinski definition) is 4. The molecular formula is C21H26N4O5S. The average molecular weight is 447 g/mol. The highest BCUT2D eigenvalue weighted by Gasteiger charge is 2.32. The minimum atomic E-state index is -3.57. The maximum atomic E-state index is 12.7. The van der Waals surface area contributed by atoms with Gasteiger partial charge in [-0.1, -0.05) is 17.7 Å². The van der Waals surface area contributed by atoms with E-state index in [1.165, 1.54) is 16.4 Å². The Morgan fingerprint density at radius 1 is 1.13 bits per heavy atom. The van der Waals surface area contributed by atoms with E-state index < -0.39 is 16.1 Å². The number of benzene rings is 2. The summed E-state index contributed by atoms with van der Waals surface area (Å²) in [7, 11) is -3.57. The summed E-state index contributed by atoms with van der Waals surface area (Å²) in [5, 5.41) is 12.9. The van der Waals surface area contributed by atoms with Gasteiger partial charge in [-0.25, -0.2) is 19.3 Å². The van der Waals surface area contributed by atoms with Gasteiger partial charge in [0, 0.05) is 24.3 Å². The minimum absolute atomic E-state index is 0.183. The second kappa shape index (κ2) is 8.93. The molecule has 2 aliphatic rings. The van der Waals surface area contributed by atoms with Crippen molar-refractivity contribution in [2.75, 3.05) is 31.6 Å². The number of ether oxygens (including phenoxy) is 1. The summed E-state index contributed by atoms with van der Waals surface area (Å²) in [6.07, 6.45) is 0.465. The number of carbonyl (C=O) groups is 1. The van der Waals surface area contributed by atoms with E-state index in [0.717, 1.165) is 11.1 Å². The molecule has 0 saturated carbocycles. The largest absolute Gasteiger partial charge is 0.508 e. The summed E-state index contributed by atoms with van der Waals surface area (Å²) in [6, 6.07) is 10.8. The van der Waals surface area contributed by atoms with Gasteiger partial charge in [-0.05, 0) is 43.7 Å². The van der Waals surface area contributed by atoms with Crippen molar-refractivity contribution < 1.29 is 23.1 Å². The van der Waals surface area contributed by atoms with Crippen LogP contribution in [0.5, 0.6) is 5.75 Å². The molecule has 10 heteroatoms. The molecule has 2 atom stereocenters. The van der Waals surface area contributed by atoms with Crippen molar-refractivity contribution >= 4 is 21.6 Å². The molecule has 4 rings (SSSR count). The molecule has 2 saturated heterocycles. The molecule has 2 fully saturated rings. The van der Waals surface area contributed by atoms with Crippen molar-refractivity contribution in [1.82, 2.24) is 15.2 Å². The van der Waals surface area contributed by atoms with Gasteiger partial charge < -0.3 is 15.2 Å². The number of nitrogens with zero attached hydrogens (tertiary/aromatic N) is 1. The first-order valence-electron chi connectivity index (χ1n) is 10.1. The van der Waals surface area contributed by atoms with E-state index in [1.807, 2.05) is 19.1 Å². The fraction of sp³-hybridized carbons (Fsp3) is 0.381. The van der Waals surface area contributed by atoms with E-state index in [0.29, 0.717) is 38.4 Å². The van der Waals surface area contributed by atoms with Gasteiger partial charge in [-0.15, -0.1) is 0 Å². The van der Waals surface area contributed by atoms with Crippen molar-refractivity contribution in [1.29, 1.82) is 0 Å². The van der Waals surface area contributed by atoms with Crippen LogP contribution in [0.4, 0.5) is 5.69 Å². The van der Waals surface area contributed by atoms with Gasteiger partial charge in [-0.2, -0.15) is 4.31 Å². The number of aryl methyl sites for hydroxylation is 1. The van der Waals surface area contributed by atoms with E-state index in [1.54, 1.807) is 18.2 Å². The second-order valence-electron chi connectivity index (χ2n) is 7.72. The van der Waals surface area contributed by atoms with Crippen molar-refractivity contribution in [3.8, 4) is 5.75 Å². The van der Waals surface area contributed by atoms with Crippen LogP contribution in [-0.4, -0.2) is 56.1 Å². The van der Waals surface area contributed by atoms with Crippen LogP contribution in [0.3, 0.4) is 0 Å². The van der Waals surface area contributed by atoms with Gasteiger partial charge in [0.1, 0.15) is 11.8 Å². The summed E-state index contributed by atoms with van der Waals surface area (Å²) in [5.41, 5.74) is 8.29. The van der Waals surface area contributed by atoms with Crippen LogP contribution in [-0.2, 0) is 19.6 Å². The predicted octanol–water partition coefficient (Wildman–Crippen LogP) is 1.27. The first-order valence-corrected chi connectivity index (χ1v) is 11.6. The summed E-state index contributed by atoms with van der Waals surface area (Å²) in [5.74, 6) is -0.0612. The minimum Gasteiger partial charge on any atom is -0.508 e. The highest BCUT2D eigenvalue weighted by Crippen LogP contribution is 2.30. The first-order chi connectivity index (χ1) is 14.8. The lowest BCUT2D eigenvalue weighted by Crippen LogP contribution is -2.40. The summed E-state index contributed by atoms with van der Waals surface area (Å²) < 4.78 is 32.0. The molecule has 9 nitrogen and oxygen atoms in total. The third-order valence-electron chi connectivity index (χ3n) is 5.51. The topological polar surface area (TPSA) is 120 Å². The number of anilines is 1. The van der Waals surface area contributed by atoms with Crippen LogP contribution in [0.1, 0.15) is 23.6 Å². The van der Waals surface area contributed by atoms with Gasteiger partial charge >= 0.3 is 0 Å². The van der Waals surface area contributed by atoms with Crippen LogP contribution >= 0.6 is 0 Å². The van der Waals surface area contributed by atoms with E-state index in [-0.39, 0.29) is 22.6 Å². The number of phenols is 1. The molecule has 31 heavy (non-hydrogen) atoms. The van der Waals surface area contributed by atoms with Gasteiger partial charge in [-0.3, -0.25) is 4.79 Å². The van der Waals surface area contributed by atoms with Crippen molar-refractivity contribution in [3.05, 3.63) is 53.6 Å². The zero-order valence-electron chi connectivity index (χ0n) is 17.2. The Balaban J connectivity index is 1.38. The highest BCUT2D eigenvalue weighted by molar-refractivity contribution is 7.89. The van der Waals surface area contributed by atoms with Crippen molar-refractivity contribution in [3.63, 3.8) is 0 Å². The van der Waals surface area contributed by atoms with Gasteiger partial charge in [0.05, 0.1) is 24.2 Å². The molecule has 0 aromatic heterocycles. The molecule has 2 heterocycles. The molecular weight excluding hydrogens is 420 g/mol. The van der Waals surface area contributed by atoms with Gasteiger partial charge in [0.2, 0.25) is 15.9 Å². The molecule has 2 aromatic carbocycles. The van der Waals surface area contributed by atoms with Crippen molar-refractivity contribution in [2.45, 2.75) is 30.3 Å². The number of phenolic OH excluding ortho intramolecular Hbond substituents is 1. The summed E-state index contributed by atoms with van der Waals surface area (Å²) >= 11 is 0. The fourth-order valence-corrected chi connectivity index (χ4v) is 5.17. The number of aromatic hydroxyl groups is 1. The van der Waals surface area contributed by atoms with E-state index in [4.69, 9.17) is 4.74 Å². The molecule has 0 radical (unpaired) electrons. The Labute approximate surface area is 181 Å². The highest BCUT2D eigenvalue weighted by atomic mass is 32.2. The molecule has 2 aromatic rings. The SMILES string of the molecule is Cc1ccc(O)c(C2CC(C(=O)Nc3ccc(S(=O)(=O)N4CCOCC4)cc3)NN2)c1. The van der Waals surface area contributed by atoms with Crippen LogP contribution in [0.2, 0.25) is 0 Å². The number of carbonyl (C=O) groups excluding carboxylic acids is 1. The Bertz CT molecular complexity index is 1050. The number of nitrogens with one attached hydrogen (secondary N) is 3. The summed E-state index contributed by atoms with van der Waals surface area (Å²) in [4.78, 5) is 12.8. The third kappa shape index (κ3) is 4.73. The van der Waals surface area contributed by atoms with E-state index in [2.05, 4.69) is 16.2 Å². The Kier molecular flexibility index (Phi) is 6.26. The number of morpholine rings is 1.